The second-order valence-electron chi connectivity index (χ2n) is 6.36. The Bertz CT molecular complexity index is 703. The molecule has 0 fully saturated rings. The van der Waals surface area contributed by atoms with Crippen molar-refractivity contribution in [3.05, 3.63) is 24.1 Å². The first-order chi connectivity index (χ1) is 12.1. The quantitative estimate of drug-likeness (QED) is 0.759. The third-order valence-corrected chi connectivity index (χ3v) is 4.60. The zero-order valence-corrected chi connectivity index (χ0v) is 14.9. The van der Waals surface area contributed by atoms with Gasteiger partial charge in [-0.3, -0.25) is 0 Å². The fourth-order valence-corrected chi connectivity index (χ4v) is 2.69. The molecule has 0 aliphatic carbocycles. The standard InChI is InChI=1S/C18H25N3O4/c1-4-11(3)16(19-9-13(22)5-2)18-20-17(21-25-18)12-6-7-14-15(8-12)24-10-23-14/h6-8,11,13,16,19,22H,4-5,9-10H2,1-3H3. The highest BCUT2D eigenvalue weighted by Gasteiger charge is 2.25. The molecule has 1 aliphatic heterocycles. The van der Waals surface area contributed by atoms with Crippen molar-refractivity contribution < 1.29 is 19.1 Å². The molecule has 2 heterocycles. The van der Waals surface area contributed by atoms with Crippen LogP contribution in [0.15, 0.2) is 22.7 Å². The van der Waals surface area contributed by atoms with Crippen LogP contribution in [0.3, 0.4) is 0 Å². The molecule has 3 rings (SSSR count). The lowest BCUT2D eigenvalue weighted by molar-refractivity contribution is 0.152. The minimum absolute atomic E-state index is 0.0959. The topological polar surface area (TPSA) is 89.6 Å². The second kappa shape index (κ2) is 7.84. The van der Waals surface area contributed by atoms with Crippen molar-refractivity contribution in [1.29, 1.82) is 0 Å². The van der Waals surface area contributed by atoms with Crippen LogP contribution in [0.2, 0.25) is 0 Å². The number of rotatable bonds is 8. The van der Waals surface area contributed by atoms with Gasteiger partial charge in [0.05, 0.1) is 12.1 Å². The summed E-state index contributed by atoms with van der Waals surface area (Å²) in [5.74, 6) is 2.76. The Morgan fingerprint density at radius 3 is 2.76 bits per heavy atom. The van der Waals surface area contributed by atoms with Crippen molar-refractivity contribution in [2.24, 2.45) is 5.92 Å². The van der Waals surface area contributed by atoms with Gasteiger partial charge in [0.25, 0.3) is 0 Å². The molecule has 3 unspecified atom stereocenters. The lowest BCUT2D eigenvalue weighted by Crippen LogP contribution is -2.33. The summed E-state index contributed by atoms with van der Waals surface area (Å²) in [5.41, 5.74) is 0.816. The van der Waals surface area contributed by atoms with Crippen LogP contribution in [0, 0.1) is 5.92 Å². The number of nitrogens with one attached hydrogen (secondary N) is 1. The summed E-state index contributed by atoms with van der Waals surface area (Å²) in [6.45, 7) is 6.92. The van der Waals surface area contributed by atoms with Gasteiger partial charge in [-0.25, -0.2) is 0 Å². The average Bonchev–Trinajstić information content (AvgIpc) is 3.29. The smallest absolute Gasteiger partial charge is 0.244 e. The highest BCUT2D eigenvalue weighted by atomic mass is 16.7. The van der Waals surface area contributed by atoms with E-state index in [1.54, 1.807) is 0 Å². The van der Waals surface area contributed by atoms with Gasteiger partial charge in [-0.1, -0.05) is 32.3 Å². The molecule has 2 aromatic rings. The summed E-state index contributed by atoms with van der Waals surface area (Å²) in [7, 11) is 0. The molecule has 7 heteroatoms. The van der Waals surface area contributed by atoms with Gasteiger partial charge >= 0.3 is 0 Å². The van der Waals surface area contributed by atoms with Gasteiger partial charge in [0.1, 0.15) is 0 Å². The molecule has 1 aliphatic rings. The maximum Gasteiger partial charge on any atom is 0.244 e. The molecule has 0 spiro atoms. The Hall–Kier alpha value is -2.12. The maximum absolute atomic E-state index is 9.83. The lowest BCUT2D eigenvalue weighted by atomic mass is 9.98. The Morgan fingerprint density at radius 2 is 2.00 bits per heavy atom. The minimum Gasteiger partial charge on any atom is -0.454 e. The molecule has 0 bridgehead atoms. The Labute approximate surface area is 147 Å². The van der Waals surface area contributed by atoms with Crippen molar-refractivity contribution in [2.45, 2.75) is 45.8 Å². The molecule has 0 radical (unpaired) electrons. The van der Waals surface area contributed by atoms with Crippen molar-refractivity contribution in [1.82, 2.24) is 15.5 Å². The normalized spacial score (nSPS) is 16.6. The Balaban J connectivity index is 1.79. The number of fused-ring (bicyclic) bond motifs is 1. The van der Waals surface area contributed by atoms with Crippen molar-refractivity contribution in [3.63, 3.8) is 0 Å². The number of aromatic nitrogens is 2. The number of benzene rings is 1. The molecule has 1 aromatic carbocycles. The SMILES string of the molecule is CCC(O)CNC(c1nc(-c2ccc3c(c2)OCO3)no1)C(C)CC. The number of aliphatic hydroxyl groups is 1. The van der Waals surface area contributed by atoms with Crippen LogP contribution in [-0.4, -0.2) is 34.7 Å². The summed E-state index contributed by atoms with van der Waals surface area (Å²) in [4.78, 5) is 4.56. The van der Waals surface area contributed by atoms with Gasteiger partial charge in [0.15, 0.2) is 11.5 Å². The number of hydrogen-bond donors (Lipinski definition) is 2. The van der Waals surface area contributed by atoms with Crippen LogP contribution in [0.4, 0.5) is 0 Å². The molecule has 0 saturated carbocycles. The average molecular weight is 347 g/mol. The van der Waals surface area contributed by atoms with E-state index < -0.39 is 0 Å². The van der Waals surface area contributed by atoms with E-state index in [0.29, 0.717) is 36.3 Å². The van der Waals surface area contributed by atoms with E-state index in [1.165, 1.54) is 0 Å². The fourth-order valence-electron chi connectivity index (χ4n) is 2.69. The minimum atomic E-state index is -0.386. The van der Waals surface area contributed by atoms with Gasteiger partial charge < -0.3 is 24.4 Å². The number of aliphatic hydroxyl groups excluding tert-OH is 1. The monoisotopic (exact) mass is 347 g/mol. The van der Waals surface area contributed by atoms with Crippen LogP contribution < -0.4 is 14.8 Å². The Kier molecular flexibility index (Phi) is 5.55. The van der Waals surface area contributed by atoms with E-state index >= 15 is 0 Å². The lowest BCUT2D eigenvalue weighted by Gasteiger charge is -2.22. The first kappa shape index (κ1) is 17.7. The molecule has 1 aromatic heterocycles. The van der Waals surface area contributed by atoms with E-state index in [9.17, 15) is 5.11 Å². The zero-order valence-electron chi connectivity index (χ0n) is 14.9. The van der Waals surface area contributed by atoms with Gasteiger partial charge in [0.2, 0.25) is 18.5 Å². The molecule has 0 saturated heterocycles. The summed E-state index contributed by atoms with van der Waals surface area (Å²) in [6, 6.07) is 5.48. The molecule has 3 atom stereocenters. The molecule has 136 valence electrons. The van der Waals surface area contributed by atoms with Crippen molar-refractivity contribution >= 4 is 0 Å². The van der Waals surface area contributed by atoms with Crippen LogP contribution in [0.25, 0.3) is 11.4 Å². The third-order valence-electron chi connectivity index (χ3n) is 4.60. The summed E-state index contributed by atoms with van der Waals surface area (Å²) in [5, 5.41) is 17.3. The van der Waals surface area contributed by atoms with E-state index in [0.717, 1.165) is 17.7 Å². The zero-order chi connectivity index (χ0) is 17.8. The van der Waals surface area contributed by atoms with Gasteiger partial charge in [0, 0.05) is 12.1 Å². The van der Waals surface area contributed by atoms with Crippen LogP contribution in [-0.2, 0) is 0 Å². The van der Waals surface area contributed by atoms with Gasteiger partial charge in [-0.15, -0.1) is 0 Å². The van der Waals surface area contributed by atoms with E-state index in [2.05, 4.69) is 29.3 Å². The number of nitrogens with zero attached hydrogens (tertiary/aromatic N) is 2. The molecular weight excluding hydrogens is 322 g/mol. The molecule has 2 N–H and O–H groups in total. The molecular formula is C18H25N3O4. The number of ether oxygens (including phenoxy) is 2. The molecule has 25 heavy (non-hydrogen) atoms. The first-order valence-corrected chi connectivity index (χ1v) is 8.77. The highest BCUT2D eigenvalue weighted by Crippen LogP contribution is 2.35. The Morgan fingerprint density at radius 1 is 1.20 bits per heavy atom. The predicted molar refractivity (Wildman–Crippen MR) is 92.4 cm³/mol. The fraction of sp³-hybridized carbons (Fsp3) is 0.556. The van der Waals surface area contributed by atoms with Gasteiger partial charge in [-0.2, -0.15) is 4.98 Å². The van der Waals surface area contributed by atoms with Crippen LogP contribution in [0.1, 0.15) is 45.5 Å². The van der Waals surface area contributed by atoms with E-state index in [-0.39, 0.29) is 18.9 Å². The van der Waals surface area contributed by atoms with Crippen molar-refractivity contribution in [2.75, 3.05) is 13.3 Å². The first-order valence-electron chi connectivity index (χ1n) is 8.77. The van der Waals surface area contributed by atoms with Crippen LogP contribution >= 0.6 is 0 Å². The predicted octanol–water partition coefficient (Wildman–Crippen LogP) is 2.91. The van der Waals surface area contributed by atoms with E-state index in [1.807, 2.05) is 25.1 Å². The van der Waals surface area contributed by atoms with Crippen LogP contribution in [0.5, 0.6) is 11.5 Å². The third kappa shape index (κ3) is 3.93. The second-order valence-corrected chi connectivity index (χ2v) is 6.36. The summed E-state index contributed by atoms with van der Waals surface area (Å²) < 4.78 is 16.2. The highest BCUT2D eigenvalue weighted by molar-refractivity contribution is 5.61. The largest absolute Gasteiger partial charge is 0.454 e. The molecule has 0 amide bonds. The summed E-state index contributed by atoms with van der Waals surface area (Å²) >= 11 is 0. The number of hydrogen-bond acceptors (Lipinski definition) is 7. The maximum atomic E-state index is 9.83. The van der Waals surface area contributed by atoms with Crippen molar-refractivity contribution in [3.8, 4) is 22.9 Å². The van der Waals surface area contributed by atoms with E-state index in [4.69, 9.17) is 14.0 Å². The van der Waals surface area contributed by atoms with Gasteiger partial charge in [-0.05, 0) is 30.5 Å². The summed E-state index contributed by atoms with van der Waals surface area (Å²) in [6.07, 6.45) is 1.27. The molecule has 7 nitrogen and oxygen atoms in total.